The molecule has 13 heavy (non-hydrogen) atoms. The molecule has 1 heterocycles. The summed E-state index contributed by atoms with van der Waals surface area (Å²) in [6.45, 7) is 3.04. The van der Waals surface area contributed by atoms with Crippen LogP contribution in [-0.2, 0) is 14.3 Å². The van der Waals surface area contributed by atoms with Gasteiger partial charge in [0, 0.05) is 19.5 Å². The van der Waals surface area contributed by atoms with Gasteiger partial charge >= 0.3 is 0 Å². The molecule has 1 saturated heterocycles. The van der Waals surface area contributed by atoms with Crippen LogP contribution in [0.3, 0.4) is 0 Å². The molecular weight excluding hydrogens is 170 g/mol. The fraction of sp³-hybridized carbons (Fsp3) is 0.556. The highest BCUT2D eigenvalue weighted by molar-refractivity contribution is 6.20. The van der Waals surface area contributed by atoms with E-state index in [9.17, 15) is 9.59 Å². The molecule has 0 spiro atoms. The first-order valence-corrected chi connectivity index (χ1v) is 4.26. The van der Waals surface area contributed by atoms with Crippen LogP contribution in [0.1, 0.15) is 13.3 Å². The standard InChI is InChI=1S/C9H13NO3/c1-3-10-5-4-8(11)7(6-13-2)9(10)12/h6H,3-5H2,1-2H3/b7-6-. The van der Waals surface area contributed by atoms with Crippen LogP contribution in [0, 0.1) is 0 Å². The number of rotatable bonds is 2. The van der Waals surface area contributed by atoms with Crippen LogP contribution in [-0.4, -0.2) is 36.8 Å². The van der Waals surface area contributed by atoms with E-state index in [1.807, 2.05) is 6.92 Å². The highest BCUT2D eigenvalue weighted by Crippen LogP contribution is 2.13. The Hall–Kier alpha value is -1.32. The summed E-state index contributed by atoms with van der Waals surface area (Å²) < 4.78 is 4.68. The van der Waals surface area contributed by atoms with E-state index < -0.39 is 0 Å². The van der Waals surface area contributed by atoms with Crippen molar-refractivity contribution >= 4 is 11.7 Å². The van der Waals surface area contributed by atoms with Gasteiger partial charge in [-0.3, -0.25) is 9.59 Å². The second kappa shape index (κ2) is 4.07. The molecule has 0 bridgehead atoms. The van der Waals surface area contributed by atoms with Gasteiger partial charge in [-0.1, -0.05) is 0 Å². The highest BCUT2D eigenvalue weighted by Gasteiger charge is 2.28. The molecule has 0 aromatic rings. The monoisotopic (exact) mass is 183 g/mol. The fourth-order valence-corrected chi connectivity index (χ4v) is 1.30. The Bertz CT molecular complexity index is 258. The van der Waals surface area contributed by atoms with E-state index in [2.05, 4.69) is 4.74 Å². The van der Waals surface area contributed by atoms with Crippen molar-refractivity contribution < 1.29 is 14.3 Å². The van der Waals surface area contributed by atoms with Crippen LogP contribution in [0.5, 0.6) is 0 Å². The number of piperidine rings is 1. The van der Waals surface area contributed by atoms with Gasteiger partial charge in [0.1, 0.15) is 5.57 Å². The molecule has 0 atom stereocenters. The van der Waals surface area contributed by atoms with Crippen molar-refractivity contribution in [2.45, 2.75) is 13.3 Å². The molecule has 1 aliphatic heterocycles. The van der Waals surface area contributed by atoms with Crippen molar-refractivity contribution in [1.29, 1.82) is 0 Å². The number of Topliss-reactive ketones (excluding diaryl/α,β-unsaturated/α-hetero) is 1. The summed E-state index contributed by atoms with van der Waals surface area (Å²) in [6, 6.07) is 0. The molecule has 1 amide bonds. The van der Waals surface area contributed by atoms with Gasteiger partial charge in [-0.2, -0.15) is 0 Å². The molecule has 0 aromatic carbocycles. The maximum atomic E-state index is 11.5. The Morgan fingerprint density at radius 1 is 1.54 bits per heavy atom. The number of carbonyl (C=O) groups is 2. The van der Waals surface area contributed by atoms with Crippen molar-refractivity contribution in [3.8, 4) is 0 Å². The number of amides is 1. The minimum absolute atomic E-state index is 0.128. The summed E-state index contributed by atoms with van der Waals surface area (Å²) in [4.78, 5) is 24.4. The maximum Gasteiger partial charge on any atom is 0.260 e. The molecular formula is C9H13NO3. The Morgan fingerprint density at radius 2 is 2.23 bits per heavy atom. The third-order valence-electron chi connectivity index (χ3n) is 2.04. The van der Waals surface area contributed by atoms with Crippen LogP contribution in [0.15, 0.2) is 11.8 Å². The van der Waals surface area contributed by atoms with E-state index in [0.717, 1.165) is 0 Å². The average molecular weight is 183 g/mol. The lowest BCUT2D eigenvalue weighted by atomic mass is 10.0. The van der Waals surface area contributed by atoms with Gasteiger partial charge in [0.05, 0.1) is 13.4 Å². The topological polar surface area (TPSA) is 46.6 Å². The normalized spacial score (nSPS) is 21.1. The Labute approximate surface area is 77.2 Å². The smallest absolute Gasteiger partial charge is 0.260 e. The quantitative estimate of drug-likeness (QED) is 0.352. The number of likely N-dealkylation sites (N-methyl/N-ethyl adjacent to an activating group) is 1. The molecule has 1 fully saturated rings. The third kappa shape index (κ3) is 1.88. The van der Waals surface area contributed by atoms with E-state index in [1.165, 1.54) is 13.4 Å². The molecule has 1 rings (SSSR count). The van der Waals surface area contributed by atoms with Crippen molar-refractivity contribution in [3.05, 3.63) is 11.8 Å². The van der Waals surface area contributed by atoms with E-state index in [4.69, 9.17) is 0 Å². The van der Waals surface area contributed by atoms with Crippen LogP contribution in [0.25, 0.3) is 0 Å². The zero-order valence-electron chi connectivity index (χ0n) is 7.87. The Balaban J connectivity index is 2.84. The first-order valence-electron chi connectivity index (χ1n) is 4.26. The number of ether oxygens (including phenoxy) is 1. The summed E-state index contributed by atoms with van der Waals surface area (Å²) in [6.07, 6.45) is 1.63. The second-order valence-electron chi connectivity index (χ2n) is 2.83. The van der Waals surface area contributed by atoms with Gasteiger partial charge in [-0.25, -0.2) is 0 Å². The molecule has 72 valence electrons. The number of likely N-dealkylation sites (tertiary alicyclic amines) is 1. The maximum absolute atomic E-state index is 11.5. The lowest BCUT2D eigenvalue weighted by Crippen LogP contribution is -2.40. The van der Waals surface area contributed by atoms with Crippen molar-refractivity contribution in [1.82, 2.24) is 4.90 Å². The van der Waals surface area contributed by atoms with E-state index >= 15 is 0 Å². The summed E-state index contributed by atoms with van der Waals surface area (Å²) in [5.74, 6) is -0.350. The summed E-state index contributed by atoms with van der Waals surface area (Å²) in [7, 11) is 1.43. The lowest BCUT2D eigenvalue weighted by molar-refractivity contribution is -0.133. The third-order valence-corrected chi connectivity index (χ3v) is 2.04. The predicted molar refractivity (Wildman–Crippen MR) is 47.0 cm³/mol. The van der Waals surface area contributed by atoms with Crippen LogP contribution >= 0.6 is 0 Å². The van der Waals surface area contributed by atoms with E-state index in [0.29, 0.717) is 19.5 Å². The summed E-state index contributed by atoms with van der Waals surface area (Å²) in [5.41, 5.74) is 0.163. The fourth-order valence-electron chi connectivity index (χ4n) is 1.30. The summed E-state index contributed by atoms with van der Waals surface area (Å²) >= 11 is 0. The highest BCUT2D eigenvalue weighted by atomic mass is 16.5. The number of ketones is 1. The zero-order valence-corrected chi connectivity index (χ0v) is 7.87. The first kappa shape index (κ1) is 9.77. The van der Waals surface area contributed by atoms with E-state index in [1.54, 1.807) is 4.90 Å². The molecule has 0 aliphatic carbocycles. The molecule has 0 aromatic heterocycles. The summed E-state index contributed by atoms with van der Waals surface area (Å²) in [5, 5.41) is 0. The van der Waals surface area contributed by atoms with Crippen molar-refractivity contribution in [2.24, 2.45) is 0 Å². The van der Waals surface area contributed by atoms with Crippen LogP contribution in [0.2, 0.25) is 0 Å². The van der Waals surface area contributed by atoms with Gasteiger partial charge in [0.25, 0.3) is 5.91 Å². The van der Waals surface area contributed by atoms with E-state index in [-0.39, 0.29) is 17.3 Å². The molecule has 4 heteroatoms. The second-order valence-corrected chi connectivity index (χ2v) is 2.83. The molecule has 4 nitrogen and oxygen atoms in total. The predicted octanol–water partition coefficient (Wildman–Crippen LogP) is 0.338. The average Bonchev–Trinajstić information content (AvgIpc) is 2.12. The van der Waals surface area contributed by atoms with Gasteiger partial charge in [0.2, 0.25) is 0 Å². The minimum atomic E-state index is -0.222. The van der Waals surface area contributed by atoms with Crippen molar-refractivity contribution in [3.63, 3.8) is 0 Å². The molecule has 0 radical (unpaired) electrons. The van der Waals surface area contributed by atoms with Gasteiger partial charge in [0.15, 0.2) is 5.78 Å². The van der Waals surface area contributed by atoms with Crippen LogP contribution < -0.4 is 0 Å². The number of nitrogens with zero attached hydrogens (tertiary/aromatic N) is 1. The van der Waals surface area contributed by atoms with Gasteiger partial charge in [-0.05, 0) is 6.92 Å². The molecule has 1 aliphatic rings. The Kier molecular flexibility index (Phi) is 3.06. The molecule has 0 saturated carbocycles. The van der Waals surface area contributed by atoms with Crippen LogP contribution in [0.4, 0.5) is 0 Å². The first-order chi connectivity index (χ1) is 6.20. The number of carbonyl (C=O) groups excluding carboxylic acids is 2. The SMILES string of the molecule is CCN1CCC(=O)/C(=C/OC)C1=O. The number of hydrogen-bond donors (Lipinski definition) is 0. The van der Waals surface area contributed by atoms with Gasteiger partial charge in [-0.15, -0.1) is 0 Å². The molecule has 0 unspecified atom stereocenters. The minimum Gasteiger partial charge on any atom is -0.503 e. The largest absolute Gasteiger partial charge is 0.503 e. The zero-order chi connectivity index (χ0) is 9.84. The van der Waals surface area contributed by atoms with Crippen molar-refractivity contribution in [2.75, 3.05) is 20.2 Å². The lowest BCUT2D eigenvalue weighted by Gasteiger charge is -2.25. The van der Waals surface area contributed by atoms with Gasteiger partial charge < -0.3 is 9.64 Å². The Morgan fingerprint density at radius 3 is 2.77 bits per heavy atom. The molecule has 0 N–H and O–H groups in total. The number of hydrogen-bond acceptors (Lipinski definition) is 3. The number of methoxy groups -OCH3 is 1.